The maximum absolute atomic E-state index is 13.9. The highest BCUT2D eigenvalue weighted by Crippen LogP contribution is 2.69. The van der Waals surface area contributed by atoms with Crippen LogP contribution in [0.15, 0.2) is 54.0 Å². The number of likely N-dealkylation sites (tertiary alicyclic amines) is 1. The Kier molecular flexibility index (Phi) is 17.2. The number of nitrogens with two attached hydrogens (primary N) is 1. The van der Waals surface area contributed by atoms with Gasteiger partial charge in [0, 0.05) is 70.3 Å². The Bertz CT molecular complexity index is 2280. The van der Waals surface area contributed by atoms with Gasteiger partial charge in [0.05, 0.1) is 17.1 Å². The topological polar surface area (TPSA) is 263 Å². The largest absolute Gasteiger partial charge is 0.482 e. The molecule has 8 unspecified atom stereocenters. The van der Waals surface area contributed by atoms with Crippen LogP contribution < -0.4 is 37.6 Å². The van der Waals surface area contributed by atoms with Crippen molar-refractivity contribution in [1.82, 2.24) is 41.7 Å². The molecule has 12 atom stereocenters. The van der Waals surface area contributed by atoms with Crippen molar-refractivity contribution in [3.05, 3.63) is 59.6 Å². The number of thiol groups is 1. The van der Waals surface area contributed by atoms with Gasteiger partial charge in [0.1, 0.15) is 29.9 Å². The molecule has 6 aliphatic rings. The van der Waals surface area contributed by atoms with Crippen LogP contribution in [0.25, 0.3) is 0 Å². The SMILES string of the molecule is CC(=O)NC(CS)C(=O)NC(C)C(=O)NC(C)C(=O)NC(CCCCNC(=O)C(N)Cc1ccccc1)C(=O)NCCN(C)C(=S)OC1=C2O[C@H]3C(=O)CC4C[C@]35C2C(C=C1)C[C@@H](N4CC1CC1)[C@@]5(C)O. The number of hydrogen-bond donors (Lipinski definition) is 9. The molecule has 4 aliphatic carbocycles. The molecule has 71 heavy (non-hydrogen) atoms. The molecule has 7 rings (SSSR count). The van der Waals surface area contributed by atoms with E-state index in [1.807, 2.05) is 43.3 Å². The van der Waals surface area contributed by atoms with Gasteiger partial charge in [-0.25, -0.2) is 0 Å². The predicted octanol–water partition coefficient (Wildman–Crippen LogP) is 0.501. The van der Waals surface area contributed by atoms with E-state index in [0.29, 0.717) is 49.5 Å². The number of hydrogen-bond acceptors (Lipinski definition) is 14. The second-order valence-electron chi connectivity index (χ2n) is 20.5. The van der Waals surface area contributed by atoms with E-state index < -0.39 is 76.9 Å². The zero-order chi connectivity index (χ0) is 51.4. The normalized spacial score (nSPS) is 27.9. The molecule has 5 fully saturated rings. The molecule has 2 aliphatic heterocycles. The molecular formula is C50H71N9O10S2. The van der Waals surface area contributed by atoms with E-state index in [-0.39, 0.29) is 72.6 Å². The van der Waals surface area contributed by atoms with Crippen LogP contribution in [0.5, 0.6) is 0 Å². The van der Waals surface area contributed by atoms with Gasteiger partial charge < -0.3 is 57.1 Å². The quantitative estimate of drug-likeness (QED) is 0.0411. The smallest absolute Gasteiger partial charge is 0.264 e. The molecule has 2 saturated heterocycles. The van der Waals surface area contributed by atoms with E-state index in [1.54, 1.807) is 11.9 Å². The highest BCUT2D eigenvalue weighted by Gasteiger charge is 2.77. The van der Waals surface area contributed by atoms with Crippen LogP contribution in [-0.2, 0) is 49.5 Å². The zero-order valence-corrected chi connectivity index (χ0v) is 43.0. The summed E-state index contributed by atoms with van der Waals surface area (Å²) < 4.78 is 12.9. The molecule has 2 heterocycles. The number of unbranched alkanes of at least 4 members (excludes halogenated alkanes) is 1. The van der Waals surface area contributed by atoms with Gasteiger partial charge in [0.25, 0.3) is 5.17 Å². The van der Waals surface area contributed by atoms with Gasteiger partial charge in [0.15, 0.2) is 17.6 Å². The molecule has 0 radical (unpaired) electrons. The van der Waals surface area contributed by atoms with Crippen LogP contribution in [0.2, 0.25) is 0 Å². The highest BCUT2D eigenvalue weighted by molar-refractivity contribution is 7.80. The summed E-state index contributed by atoms with van der Waals surface area (Å²) in [5.41, 5.74) is 5.14. The molecule has 1 spiro atoms. The fourth-order valence-corrected chi connectivity index (χ4v) is 11.7. The number of carbonyl (C=O) groups is 7. The van der Waals surface area contributed by atoms with Crippen molar-refractivity contribution < 1.29 is 48.1 Å². The second-order valence-corrected chi connectivity index (χ2v) is 21.2. The van der Waals surface area contributed by atoms with E-state index in [1.165, 1.54) is 33.6 Å². The van der Waals surface area contributed by atoms with Crippen molar-refractivity contribution in [2.24, 2.45) is 28.9 Å². The zero-order valence-electron chi connectivity index (χ0n) is 41.2. The number of carbonyl (C=O) groups excluding carboxylic acids is 7. The first-order valence-electron chi connectivity index (χ1n) is 24.9. The van der Waals surface area contributed by atoms with Crippen molar-refractivity contribution in [1.29, 1.82) is 0 Å². The minimum absolute atomic E-state index is 0.00352. The lowest BCUT2D eigenvalue weighted by Crippen LogP contribution is -2.78. The van der Waals surface area contributed by atoms with Crippen molar-refractivity contribution in [2.45, 2.75) is 139 Å². The van der Waals surface area contributed by atoms with E-state index in [9.17, 15) is 38.7 Å². The van der Waals surface area contributed by atoms with Crippen LogP contribution >= 0.6 is 24.8 Å². The third-order valence-electron chi connectivity index (χ3n) is 15.3. The predicted molar refractivity (Wildman–Crippen MR) is 270 cm³/mol. The number of amides is 6. The van der Waals surface area contributed by atoms with E-state index >= 15 is 0 Å². The minimum atomic E-state index is -1.16. The lowest BCUT2D eigenvalue weighted by molar-refractivity contribution is -0.246. The highest BCUT2D eigenvalue weighted by atomic mass is 32.1. The number of Topliss-reactive ketones (excluding diaryl/α,β-unsaturated/α-hetero) is 1. The van der Waals surface area contributed by atoms with Gasteiger partial charge in [-0.2, -0.15) is 12.6 Å². The average Bonchev–Trinajstić information content (AvgIpc) is 4.08. The van der Waals surface area contributed by atoms with Crippen LogP contribution in [0.1, 0.15) is 84.6 Å². The number of thiocarbonyl (C=S) groups is 1. The van der Waals surface area contributed by atoms with Gasteiger partial charge in [-0.15, -0.1) is 0 Å². The Balaban J connectivity index is 0.937. The van der Waals surface area contributed by atoms with Gasteiger partial charge >= 0.3 is 0 Å². The summed E-state index contributed by atoms with van der Waals surface area (Å²) in [6.45, 7) is 7.53. The number of fused-ring (bicyclic) bond motifs is 2. The van der Waals surface area contributed by atoms with Crippen molar-refractivity contribution in [3.8, 4) is 0 Å². The Labute approximate surface area is 426 Å². The van der Waals surface area contributed by atoms with E-state index in [4.69, 9.17) is 27.4 Å². The number of ketones is 1. The first-order valence-corrected chi connectivity index (χ1v) is 26.0. The van der Waals surface area contributed by atoms with E-state index in [2.05, 4.69) is 55.5 Å². The molecular weight excluding hydrogens is 951 g/mol. The fraction of sp³-hybridized carbons (Fsp3) is 0.640. The maximum atomic E-state index is 13.9. The first kappa shape index (κ1) is 53.7. The summed E-state index contributed by atoms with van der Waals surface area (Å²) in [4.78, 5) is 95.2. The second kappa shape index (κ2) is 22.8. The van der Waals surface area contributed by atoms with Crippen molar-refractivity contribution in [3.63, 3.8) is 0 Å². The van der Waals surface area contributed by atoms with Crippen LogP contribution in [0.4, 0.5) is 0 Å². The summed E-state index contributed by atoms with van der Waals surface area (Å²) in [7, 11) is 1.72. The molecule has 388 valence electrons. The van der Waals surface area contributed by atoms with Crippen molar-refractivity contribution in [2.75, 3.05) is 39.0 Å². The molecule has 0 aromatic heterocycles. The molecule has 6 amide bonds. The number of nitrogens with zero attached hydrogens (tertiary/aromatic N) is 2. The summed E-state index contributed by atoms with van der Waals surface area (Å²) in [6, 6.07) is 4.47. The molecule has 21 heteroatoms. The average molecular weight is 1020 g/mol. The van der Waals surface area contributed by atoms with Gasteiger partial charge in [-0.05, 0) is 108 Å². The lowest BCUT2D eigenvalue weighted by atomic mass is 9.44. The number of benzene rings is 1. The molecule has 9 N–H and O–H groups in total. The van der Waals surface area contributed by atoms with E-state index in [0.717, 1.165) is 18.5 Å². The van der Waals surface area contributed by atoms with Crippen molar-refractivity contribution >= 4 is 71.2 Å². The number of likely N-dealkylation sites (N-methyl/N-ethyl adjacent to an activating group) is 1. The number of aliphatic hydroxyl groups is 1. The molecule has 1 aromatic carbocycles. The van der Waals surface area contributed by atoms with Crippen LogP contribution in [0, 0.1) is 23.2 Å². The molecule has 3 bridgehead atoms. The van der Waals surface area contributed by atoms with Crippen LogP contribution in [-0.4, -0.2) is 154 Å². The molecule has 1 aromatic rings. The monoisotopic (exact) mass is 1020 g/mol. The summed E-state index contributed by atoms with van der Waals surface area (Å²) in [6.07, 6.45) is 8.84. The Hall–Kier alpha value is -5.09. The van der Waals surface area contributed by atoms with Gasteiger partial charge in [-0.1, -0.05) is 36.4 Å². The summed E-state index contributed by atoms with van der Waals surface area (Å²) in [5, 5.41) is 28.6. The fourth-order valence-electron chi connectivity index (χ4n) is 11.3. The molecule has 3 saturated carbocycles. The van der Waals surface area contributed by atoms with Gasteiger partial charge in [0.2, 0.25) is 35.4 Å². The minimum Gasteiger partial charge on any atom is -0.482 e. The maximum Gasteiger partial charge on any atom is 0.264 e. The number of ether oxygens (including phenoxy) is 2. The number of rotatable bonds is 23. The number of piperidine rings is 1. The lowest BCUT2D eigenvalue weighted by Gasteiger charge is -2.67. The first-order chi connectivity index (χ1) is 33.7. The van der Waals surface area contributed by atoms with Gasteiger partial charge in [-0.3, -0.25) is 38.5 Å². The summed E-state index contributed by atoms with van der Waals surface area (Å²) in [5.74, 6) is -1.81. The Morgan fingerprint density at radius 3 is 2.31 bits per heavy atom. The Morgan fingerprint density at radius 2 is 1.63 bits per heavy atom. The molecule has 19 nitrogen and oxygen atoms in total. The summed E-state index contributed by atoms with van der Waals surface area (Å²) >= 11 is 9.84. The number of allylic oxidation sites excluding steroid dienone is 3. The number of nitrogens with one attached hydrogen (secondary N) is 6. The van der Waals surface area contributed by atoms with Crippen LogP contribution in [0.3, 0.4) is 0 Å². The third kappa shape index (κ3) is 11.9. The Morgan fingerprint density at radius 1 is 0.958 bits per heavy atom. The standard InChI is InChI=1S/C50H71N9O10S2/c1-27(55-47(66)36(26-70)56-29(3)60)43(62)54-28(2)44(63)57-35(13-9-10-18-52-45(64)34(51)21-30-11-7-6-8-12-30)46(65)53-19-20-58(5)48(71)68-38-17-16-32-22-39-49(4,67)50-24-33(59(39)25-31-14-15-31)23-37(61)42(50)69-41(38)40(32)50/h6-8,11-12,16-17,27-28,31-36,39-40,42,67,70H,9-10,13-15,18-26,51H2,1-5H3,(H,52,64)(H,53,65)(H,54,62)(H,55,66)(H,56,60)(H,57,63)/t27?,28?,32?,33?,34?,35?,36?,39-,40?,42+,49-,50+/m1/s1. The third-order valence-corrected chi connectivity index (χ3v) is 16.0.